The first-order valence-electron chi connectivity index (χ1n) is 4.42. The molecule has 1 heterocycles. The van der Waals surface area contributed by atoms with Crippen molar-refractivity contribution in [2.45, 2.75) is 25.9 Å². The minimum absolute atomic E-state index is 0.226. The van der Waals surface area contributed by atoms with Gasteiger partial charge in [0.05, 0.1) is 6.33 Å². The number of rotatable bonds is 3. The van der Waals surface area contributed by atoms with Crippen LogP contribution in [0.2, 0.25) is 0 Å². The van der Waals surface area contributed by atoms with Crippen LogP contribution in [0, 0.1) is 15.9 Å². The largest absolute Gasteiger partial charge is 0.457 e. The fourth-order valence-corrected chi connectivity index (χ4v) is 1.26. The summed E-state index contributed by atoms with van der Waals surface area (Å²) in [7, 11) is 0. The van der Waals surface area contributed by atoms with Crippen molar-refractivity contribution in [2.24, 2.45) is 0 Å². The zero-order chi connectivity index (χ0) is 11.5. The fraction of sp³-hybridized carbons (Fsp3) is 0.400. The highest BCUT2D eigenvalue weighted by molar-refractivity contribution is 14.1. The number of ether oxygens (including phenoxy) is 1. The fourth-order valence-electron chi connectivity index (χ4n) is 0.855. The molecule has 0 spiro atoms. The smallest absolute Gasteiger partial charge is 0.268 e. The summed E-state index contributed by atoms with van der Waals surface area (Å²) in [6.45, 7) is 3.70. The number of nitrogens with zero attached hydrogens (tertiary/aromatic N) is 1. The van der Waals surface area contributed by atoms with Gasteiger partial charge in [-0.15, -0.1) is 6.42 Å². The Morgan fingerprint density at radius 2 is 2.47 bits per heavy atom. The third-order valence-corrected chi connectivity index (χ3v) is 3.02. The molecule has 1 aromatic heterocycles. The van der Waals surface area contributed by atoms with E-state index >= 15 is 0 Å². The number of halogens is 1. The normalized spacial score (nSPS) is 14.0. The highest BCUT2D eigenvalue weighted by Crippen LogP contribution is 2.20. The molecule has 0 aliphatic rings. The van der Waals surface area contributed by atoms with E-state index in [4.69, 9.17) is 11.2 Å². The molecule has 1 N–H and O–H groups in total. The molecular weight excluding hydrogens is 307 g/mol. The van der Waals surface area contributed by atoms with Gasteiger partial charge in [0.2, 0.25) is 5.88 Å². The lowest BCUT2D eigenvalue weighted by Crippen LogP contribution is -2.31. The lowest BCUT2D eigenvalue weighted by Gasteiger charge is -2.22. The second kappa shape index (κ2) is 4.66. The minimum Gasteiger partial charge on any atom is -0.457 e. The van der Waals surface area contributed by atoms with Crippen LogP contribution in [0.4, 0.5) is 0 Å². The zero-order valence-electron chi connectivity index (χ0n) is 8.50. The van der Waals surface area contributed by atoms with Crippen molar-refractivity contribution in [1.82, 2.24) is 9.97 Å². The Bertz CT molecular complexity index is 449. The molecule has 4 nitrogen and oxygen atoms in total. The lowest BCUT2D eigenvalue weighted by molar-refractivity contribution is 0.138. The maximum Gasteiger partial charge on any atom is 0.268 e. The summed E-state index contributed by atoms with van der Waals surface area (Å²) in [6.07, 6.45) is 7.31. The summed E-state index contributed by atoms with van der Waals surface area (Å²) in [4.78, 5) is 17.7. The van der Waals surface area contributed by atoms with Crippen molar-refractivity contribution >= 4 is 22.6 Å². The van der Waals surface area contributed by atoms with Crippen molar-refractivity contribution in [1.29, 1.82) is 0 Å². The summed E-state index contributed by atoms with van der Waals surface area (Å²) >= 11 is 1.88. The molecule has 0 fully saturated rings. The number of hydrogen-bond donors (Lipinski definition) is 1. The summed E-state index contributed by atoms with van der Waals surface area (Å²) in [5.41, 5.74) is -0.947. The first-order valence-corrected chi connectivity index (χ1v) is 5.50. The number of nitrogens with one attached hydrogen (secondary N) is 1. The quantitative estimate of drug-likeness (QED) is 0.680. The van der Waals surface area contributed by atoms with Crippen LogP contribution >= 0.6 is 22.6 Å². The summed E-state index contributed by atoms with van der Waals surface area (Å²) in [6, 6.07) is 0. The van der Waals surface area contributed by atoms with E-state index in [-0.39, 0.29) is 11.4 Å². The maximum atomic E-state index is 11.3. The van der Waals surface area contributed by atoms with Gasteiger partial charge in [-0.25, -0.2) is 4.98 Å². The van der Waals surface area contributed by atoms with Crippen LogP contribution in [0.25, 0.3) is 0 Å². The summed E-state index contributed by atoms with van der Waals surface area (Å²) in [5.74, 6) is 2.82. The molecule has 1 rings (SSSR count). The highest BCUT2D eigenvalue weighted by Gasteiger charge is 2.23. The molecule has 1 unspecified atom stereocenters. The van der Waals surface area contributed by atoms with E-state index in [1.165, 1.54) is 6.33 Å². The Morgan fingerprint density at radius 1 is 1.80 bits per heavy atom. The third-order valence-electron chi connectivity index (χ3n) is 2.07. The molecule has 0 saturated heterocycles. The molecule has 0 radical (unpaired) electrons. The molecule has 15 heavy (non-hydrogen) atoms. The lowest BCUT2D eigenvalue weighted by atomic mass is 10.1. The van der Waals surface area contributed by atoms with E-state index in [1.54, 1.807) is 6.92 Å². The number of aromatic amines is 1. The number of aromatic nitrogens is 2. The number of H-pyrrole nitrogens is 1. The molecule has 0 amide bonds. The van der Waals surface area contributed by atoms with E-state index in [2.05, 4.69) is 15.9 Å². The third kappa shape index (κ3) is 2.72. The van der Waals surface area contributed by atoms with Crippen LogP contribution in [0.3, 0.4) is 0 Å². The zero-order valence-corrected chi connectivity index (χ0v) is 10.7. The van der Waals surface area contributed by atoms with E-state index in [9.17, 15) is 4.79 Å². The average molecular weight is 318 g/mol. The van der Waals surface area contributed by atoms with Gasteiger partial charge in [0.25, 0.3) is 5.56 Å². The van der Waals surface area contributed by atoms with Crippen LogP contribution in [0.1, 0.15) is 20.3 Å². The van der Waals surface area contributed by atoms with Crippen LogP contribution in [0.15, 0.2) is 11.1 Å². The molecule has 0 aliphatic carbocycles. The second-order valence-electron chi connectivity index (χ2n) is 3.18. The van der Waals surface area contributed by atoms with E-state index in [0.29, 0.717) is 9.99 Å². The average Bonchev–Trinajstić information content (AvgIpc) is 2.25. The van der Waals surface area contributed by atoms with Crippen LogP contribution in [-0.4, -0.2) is 15.6 Å². The van der Waals surface area contributed by atoms with Gasteiger partial charge in [0.15, 0.2) is 5.60 Å². The van der Waals surface area contributed by atoms with Gasteiger partial charge in [0.1, 0.15) is 3.57 Å². The Balaban J connectivity index is 3.06. The predicted octanol–water partition coefficient (Wildman–Crippen LogP) is 1.56. The molecule has 5 heteroatoms. The highest BCUT2D eigenvalue weighted by atomic mass is 127. The van der Waals surface area contributed by atoms with Crippen molar-refractivity contribution in [3.63, 3.8) is 0 Å². The van der Waals surface area contributed by atoms with Crippen LogP contribution in [0.5, 0.6) is 5.88 Å². The molecule has 80 valence electrons. The van der Waals surface area contributed by atoms with Gasteiger partial charge in [-0.05, 0) is 35.9 Å². The van der Waals surface area contributed by atoms with Gasteiger partial charge in [-0.1, -0.05) is 12.8 Å². The van der Waals surface area contributed by atoms with Gasteiger partial charge in [-0.3, -0.25) is 4.79 Å². The van der Waals surface area contributed by atoms with E-state index in [1.807, 2.05) is 29.5 Å². The van der Waals surface area contributed by atoms with E-state index in [0.717, 1.165) is 0 Å². The summed E-state index contributed by atoms with van der Waals surface area (Å²) in [5, 5.41) is 0. The number of terminal acetylenes is 1. The second-order valence-corrected chi connectivity index (χ2v) is 4.26. The van der Waals surface area contributed by atoms with Crippen molar-refractivity contribution in [3.05, 3.63) is 20.3 Å². The van der Waals surface area contributed by atoms with Gasteiger partial charge in [-0.2, -0.15) is 0 Å². The summed E-state index contributed by atoms with van der Waals surface area (Å²) < 4.78 is 5.94. The first-order chi connectivity index (χ1) is 7.02. The monoisotopic (exact) mass is 318 g/mol. The van der Waals surface area contributed by atoms with Crippen molar-refractivity contribution in [2.75, 3.05) is 0 Å². The Labute approximate surface area is 102 Å². The van der Waals surface area contributed by atoms with E-state index < -0.39 is 5.60 Å². The van der Waals surface area contributed by atoms with Crippen molar-refractivity contribution < 1.29 is 4.74 Å². The Kier molecular flexibility index (Phi) is 3.74. The molecule has 0 aromatic carbocycles. The molecule has 1 aromatic rings. The van der Waals surface area contributed by atoms with Crippen LogP contribution in [-0.2, 0) is 0 Å². The molecule has 1 atom stereocenters. The topological polar surface area (TPSA) is 55.0 Å². The Hall–Kier alpha value is -1.03. The van der Waals surface area contributed by atoms with Gasteiger partial charge in [0, 0.05) is 0 Å². The van der Waals surface area contributed by atoms with Crippen molar-refractivity contribution in [3.8, 4) is 18.2 Å². The molecule has 0 saturated carbocycles. The first kappa shape index (κ1) is 12.0. The molecule has 0 aliphatic heterocycles. The van der Waals surface area contributed by atoms with Crippen LogP contribution < -0.4 is 10.3 Å². The SMILES string of the molecule is C#CC(C)(CC)Oc1nc[nH]c(=O)c1I. The predicted molar refractivity (Wildman–Crippen MR) is 65.7 cm³/mol. The maximum absolute atomic E-state index is 11.3. The molecule has 0 bridgehead atoms. The minimum atomic E-state index is -0.722. The van der Waals surface area contributed by atoms with Gasteiger partial charge >= 0.3 is 0 Å². The standard InChI is InChI=1S/C10H11IN2O2/c1-4-10(3,5-2)15-9-7(11)8(14)12-6-13-9/h1,6H,5H2,2-3H3,(H,12,13,14). The van der Waals surface area contributed by atoms with Gasteiger partial charge < -0.3 is 9.72 Å². The molecular formula is C10H11IN2O2. The number of hydrogen-bond acceptors (Lipinski definition) is 3. The Morgan fingerprint density at radius 3 is 3.00 bits per heavy atom.